The molecule has 0 spiro atoms. The summed E-state index contributed by atoms with van der Waals surface area (Å²) in [6, 6.07) is 8.50. The molecule has 102 valence electrons. The topological polar surface area (TPSA) is 56.3 Å². The maximum absolute atomic E-state index is 11.6. The summed E-state index contributed by atoms with van der Waals surface area (Å²) in [7, 11) is 0. The number of benzene rings is 1. The standard InChI is InChI=1S/C16H15NO3/c1-3-15(19)14-9-13(6-7-17-14)20-16-5-4-12(10-18)8-11(16)2/h4-10H,3H2,1-2H3. The highest BCUT2D eigenvalue weighted by molar-refractivity contribution is 5.94. The second-order valence-electron chi connectivity index (χ2n) is 4.40. The third-order valence-corrected chi connectivity index (χ3v) is 2.90. The molecule has 2 aromatic rings. The van der Waals surface area contributed by atoms with E-state index in [1.54, 1.807) is 43.5 Å². The lowest BCUT2D eigenvalue weighted by Crippen LogP contribution is -2.00. The largest absolute Gasteiger partial charge is 0.457 e. The number of hydrogen-bond donors (Lipinski definition) is 0. The number of carbonyl (C=O) groups is 2. The number of ether oxygens (including phenoxy) is 1. The molecular weight excluding hydrogens is 254 g/mol. The lowest BCUT2D eigenvalue weighted by atomic mass is 10.1. The molecule has 0 aliphatic carbocycles. The van der Waals surface area contributed by atoms with Crippen molar-refractivity contribution in [2.45, 2.75) is 20.3 Å². The number of aldehydes is 1. The average Bonchev–Trinajstić information content (AvgIpc) is 2.48. The van der Waals surface area contributed by atoms with Crippen molar-refractivity contribution in [1.29, 1.82) is 0 Å². The van der Waals surface area contributed by atoms with Crippen molar-refractivity contribution in [2.24, 2.45) is 0 Å². The predicted octanol–water partition coefficient (Wildman–Crippen LogP) is 3.59. The first-order chi connectivity index (χ1) is 9.63. The molecule has 0 aliphatic rings. The van der Waals surface area contributed by atoms with Gasteiger partial charge in [0.1, 0.15) is 23.5 Å². The Morgan fingerprint density at radius 1 is 1.30 bits per heavy atom. The van der Waals surface area contributed by atoms with Crippen LogP contribution in [-0.2, 0) is 0 Å². The van der Waals surface area contributed by atoms with Crippen LogP contribution < -0.4 is 4.74 Å². The van der Waals surface area contributed by atoms with E-state index in [-0.39, 0.29) is 5.78 Å². The van der Waals surface area contributed by atoms with Crippen LogP contribution in [0.1, 0.15) is 39.8 Å². The molecule has 20 heavy (non-hydrogen) atoms. The molecule has 0 radical (unpaired) electrons. The summed E-state index contributed by atoms with van der Waals surface area (Å²) in [5.74, 6) is 1.18. The maximum Gasteiger partial charge on any atom is 0.181 e. The first kappa shape index (κ1) is 13.9. The first-order valence-electron chi connectivity index (χ1n) is 6.37. The summed E-state index contributed by atoms with van der Waals surface area (Å²) in [5, 5.41) is 0. The van der Waals surface area contributed by atoms with E-state index < -0.39 is 0 Å². The van der Waals surface area contributed by atoms with Crippen molar-refractivity contribution in [3.63, 3.8) is 0 Å². The van der Waals surface area contributed by atoms with Gasteiger partial charge in [-0.3, -0.25) is 14.6 Å². The molecule has 1 aromatic heterocycles. The summed E-state index contributed by atoms with van der Waals surface area (Å²) < 4.78 is 5.74. The second kappa shape index (κ2) is 6.10. The highest BCUT2D eigenvalue weighted by atomic mass is 16.5. The zero-order valence-electron chi connectivity index (χ0n) is 11.4. The smallest absolute Gasteiger partial charge is 0.181 e. The van der Waals surface area contributed by atoms with E-state index in [4.69, 9.17) is 4.74 Å². The van der Waals surface area contributed by atoms with Crippen molar-refractivity contribution in [3.8, 4) is 11.5 Å². The summed E-state index contributed by atoms with van der Waals surface area (Å²) in [4.78, 5) is 26.3. The van der Waals surface area contributed by atoms with Gasteiger partial charge in [0.25, 0.3) is 0 Å². The summed E-state index contributed by atoms with van der Waals surface area (Å²) in [5.41, 5.74) is 1.85. The number of hydrogen-bond acceptors (Lipinski definition) is 4. The van der Waals surface area contributed by atoms with Crippen LogP contribution in [0, 0.1) is 6.92 Å². The third-order valence-electron chi connectivity index (χ3n) is 2.90. The number of carbonyl (C=O) groups excluding carboxylic acids is 2. The van der Waals surface area contributed by atoms with Crippen molar-refractivity contribution >= 4 is 12.1 Å². The van der Waals surface area contributed by atoms with Crippen LogP contribution in [0.15, 0.2) is 36.5 Å². The van der Waals surface area contributed by atoms with Gasteiger partial charge in [-0.1, -0.05) is 6.92 Å². The quantitative estimate of drug-likeness (QED) is 0.615. The van der Waals surface area contributed by atoms with Crippen LogP contribution >= 0.6 is 0 Å². The van der Waals surface area contributed by atoms with Gasteiger partial charge in [0, 0.05) is 24.2 Å². The van der Waals surface area contributed by atoms with E-state index in [0.717, 1.165) is 11.8 Å². The molecule has 0 aliphatic heterocycles. The highest BCUT2D eigenvalue weighted by Crippen LogP contribution is 2.25. The van der Waals surface area contributed by atoms with Crippen LogP contribution in [0.3, 0.4) is 0 Å². The van der Waals surface area contributed by atoms with E-state index in [0.29, 0.717) is 29.2 Å². The number of nitrogens with zero attached hydrogens (tertiary/aromatic N) is 1. The fraction of sp³-hybridized carbons (Fsp3) is 0.188. The zero-order chi connectivity index (χ0) is 14.5. The van der Waals surface area contributed by atoms with Crippen LogP contribution in [0.2, 0.25) is 0 Å². The van der Waals surface area contributed by atoms with Gasteiger partial charge in [0.2, 0.25) is 0 Å². The van der Waals surface area contributed by atoms with Crippen LogP contribution in [0.4, 0.5) is 0 Å². The fourth-order valence-electron chi connectivity index (χ4n) is 1.80. The molecule has 0 N–H and O–H groups in total. The molecule has 4 heteroatoms. The van der Waals surface area contributed by atoms with Crippen molar-refractivity contribution in [1.82, 2.24) is 4.98 Å². The Hall–Kier alpha value is -2.49. The first-order valence-corrected chi connectivity index (χ1v) is 6.37. The second-order valence-corrected chi connectivity index (χ2v) is 4.40. The molecule has 1 aromatic carbocycles. The number of ketones is 1. The Bertz CT molecular complexity index is 650. The third kappa shape index (κ3) is 3.09. The molecule has 0 bridgehead atoms. The van der Waals surface area contributed by atoms with Gasteiger partial charge in [0.05, 0.1) is 0 Å². The van der Waals surface area contributed by atoms with Crippen LogP contribution in [-0.4, -0.2) is 17.1 Å². The number of aryl methyl sites for hydroxylation is 1. The summed E-state index contributed by atoms with van der Waals surface area (Å²) in [6.07, 6.45) is 2.75. The van der Waals surface area contributed by atoms with Gasteiger partial charge in [-0.05, 0) is 36.8 Å². The molecule has 0 amide bonds. The Labute approximate surface area is 117 Å². The number of aromatic nitrogens is 1. The van der Waals surface area contributed by atoms with Crippen LogP contribution in [0.5, 0.6) is 11.5 Å². The number of pyridine rings is 1. The van der Waals surface area contributed by atoms with Gasteiger partial charge >= 0.3 is 0 Å². The molecule has 2 rings (SSSR count). The van der Waals surface area contributed by atoms with E-state index >= 15 is 0 Å². The number of Topliss-reactive ketones (excluding diaryl/α,β-unsaturated/α-hetero) is 1. The molecule has 0 unspecified atom stereocenters. The Morgan fingerprint density at radius 3 is 2.75 bits per heavy atom. The molecular formula is C16H15NO3. The van der Waals surface area contributed by atoms with E-state index in [1.165, 1.54) is 0 Å². The Morgan fingerprint density at radius 2 is 2.10 bits per heavy atom. The lowest BCUT2D eigenvalue weighted by molar-refractivity contribution is 0.0982. The monoisotopic (exact) mass is 269 g/mol. The molecule has 4 nitrogen and oxygen atoms in total. The molecule has 0 atom stereocenters. The lowest BCUT2D eigenvalue weighted by Gasteiger charge is -2.09. The molecule has 0 saturated carbocycles. The van der Waals surface area contributed by atoms with Gasteiger partial charge in [-0.15, -0.1) is 0 Å². The summed E-state index contributed by atoms with van der Waals surface area (Å²) >= 11 is 0. The Kier molecular flexibility index (Phi) is 4.25. The normalized spacial score (nSPS) is 10.1. The highest BCUT2D eigenvalue weighted by Gasteiger charge is 2.08. The maximum atomic E-state index is 11.6. The predicted molar refractivity (Wildman–Crippen MR) is 75.5 cm³/mol. The molecule has 0 saturated heterocycles. The van der Waals surface area contributed by atoms with E-state index in [2.05, 4.69) is 4.98 Å². The van der Waals surface area contributed by atoms with Gasteiger partial charge in [-0.2, -0.15) is 0 Å². The van der Waals surface area contributed by atoms with Crippen LogP contribution in [0.25, 0.3) is 0 Å². The SMILES string of the molecule is CCC(=O)c1cc(Oc2ccc(C=O)cc2C)ccn1. The van der Waals surface area contributed by atoms with Gasteiger partial charge in [0.15, 0.2) is 5.78 Å². The van der Waals surface area contributed by atoms with E-state index in [1.807, 2.05) is 6.92 Å². The molecule has 1 heterocycles. The molecule has 0 fully saturated rings. The summed E-state index contributed by atoms with van der Waals surface area (Å²) in [6.45, 7) is 3.65. The average molecular weight is 269 g/mol. The minimum atomic E-state index is -0.0246. The minimum absolute atomic E-state index is 0.0246. The zero-order valence-corrected chi connectivity index (χ0v) is 11.4. The fourth-order valence-corrected chi connectivity index (χ4v) is 1.80. The number of rotatable bonds is 5. The van der Waals surface area contributed by atoms with Crippen molar-refractivity contribution in [2.75, 3.05) is 0 Å². The van der Waals surface area contributed by atoms with Crippen molar-refractivity contribution in [3.05, 3.63) is 53.3 Å². The van der Waals surface area contributed by atoms with E-state index in [9.17, 15) is 9.59 Å². The van der Waals surface area contributed by atoms with Crippen molar-refractivity contribution < 1.29 is 14.3 Å². The van der Waals surface area contributed by atoms with Gasteiger partial charge < -0.3 is 4.74 Å². The Balaban J connectivity index is 2.26. The minimum Gasteiger partial charge on any atom is -0.457 e. The van der Waals surface area contributed by atoms with Gasteiger partial charge in [-0.25, -0.2) is 0 Å².